The Morgan fingerprint density at radius 1 is 1.29 bits per heavy atom. The summed E-state index contributed by atoms with van der Waals surface area (Å²) >= 11 is 0. The van der Waals surface area contributed by atoms with Crippen molar-refractivity contribution in [2.24, 2.45) is 0 Å². The molecule has 0 spiro atoms. The number of aliphatic carboxylic acids is 1. The third-order valence-corrected chi connectivity index (χ3v) is 4.27. The van der Waals surface area contributed by atoms with Crippen molar-refractivity contribution in [3.05, 3.63) is 35.9 Å². The van der Waals surface area contributed by atoms with Gasteiger partial charge in [0.25, 0.3) is 0 Å². The predicted molar refractivity (Wildman–Crippen MR) is 79.2 cm³/mol. The highest BCUT2D eigenvalue weighted by atomic mass is 32.2. The highest BCUT2D eigenvalue weighted by Gasteiger charge is 2.18. The van der Waals surface area contributed by atoms with Gasteiger partial charge in [0.15, 0.2) is 0 Å². The van der Waals surface area contributed by atoms with E-state index < -0.39 is 22.1 Å². The van der Waals surface area contributed by atoms with Gasteiger partial charge in [-0.2, -0.15) is 0 Å². The number of hydrogen-bond acceptors (Lipinski definition) is 4. The van der Waals surface area contributed by atoms with Gasteiger partial charge in [-0.15, -0.1) is 0 Å². The van der Waals surface area contributed by atoms with E-state index in [-0.39, 0.29) is 10.9 Å². The third kappa shape index (κ3) is 6.07. The SMILES string of the molecule is CC(O)CC(C)NS(=O)(=O)c1ccc(/C=C/C(=O)O)cc1. The Labute approximate surface area is 124 Å². The van der Waals surface area contributed by atoms with E-state index >= 15 is 0 Å². The van der Waals surface area contributed by atoms with Crippen LogP contribution in [0.25, 0.3) is 6.08 Å². The number of nitrogens with one attached hydrogen (secondary N) is 1. The molecule has 1 aromatic rings. The van der Waals surface area contributed by atoms with Crippen LogP contribution in [0.4, 0.5) is 0 Å². The first kappa shape index (κ1) is 17.4. The lowest BCUT2D eigenvalue weighted by Gasteiger charge is -2.15. The quantitative estimate of drug-likeness (QED) is 0.657. The lowest BCUT2D eigenvalue weighted by Crippen LogP contribution is -2.34. The lowest BCUT2D eigenvalue weighted by atomic mass is 10.2. The molecular formula is C14H19NO5S. The van der Waals surface area contributed by atoms with E-state index in [0.29, 0.717) is 12.0 Å². The molecule has 0 aliphatic carbocycles. The molecule has 0 radical (unpaired) electrons. The summed E-state index contributed by atoms with van der Waals surface area (Å²) in [5, 5.41) is 17.8. The van der Waals surface area contributed by atoms with Gasteiger partial charge in [0.2, 0.25) is 10.0 Å². The maximum Gasteiger partial charge on any atom is 0.328 e. The Balaban J connectivity index is 2.82. The van der Waals surface area contributed by atoms with Crippen molar-refractivity contribution in [1.82, 2.24) is 4.72 Å². The van der Waals surface area contributed by atoms with Crippen LogP contribution in [0.2, 0.25) is 0 Å². The number of rotatable bonds is 7. The van der Waals surface area contributed by atoms with Crippen LogP contribution in [0.15, 0.2) is 35.2 Å². The van der Waals surface area contributed by atoms with Crippen LogP contribution in [0.1, 0.15) is 25.8 Å². The first-order chi connectivity index (χ1) is 9.70. The number of sulfonamides is 1. The number of carbonyl (C=O) groups is 1. The van der Waals surface area contributed by atoms with Gasteiger partial charge >= 0.3 is 5.97 Å². The molecule has 0 heterocycles. The number of aliphatic hydroxyl groups is 1. The lowest BCUT2D eigenvalue weighted by molar-refractivity contribution is -0.131. The monoisotopic (exact) mass is 313 g/mol. The second-order valence-electron chi connectivity index (χ2n) is 4.85. The molecule has 1 rings (SSSR count). The summed E-state index contributed by atoms with van der Waals surface area (Å²) in [5.74, 6) is -1.07. The van der Waals surface area contributed by atoms with Crippen LogP contribution < -0.4 is 4.72 Å². The molecule has 21 heavy (non-hydrogen) atoms. The largest absolute Gasteiger partial charge is 0.478 e. The molecule has 0 saturated heterocycles. The zero-order valence-electron chi connectivity index (χ0n) is 11.9. The average molecular weight is 313 g/mol. The number of hydrogen-bond donors (Lipinski definition) is 3. The van der Waals surface area contributed by atoms with Gasteiger partial charge in [0.05, 0.1) is 11.0 Å². The summed E-state index contributed by atoms with van der Waals surface area (Å²) in [6, 6.07) is 5.46. The number of carboxylic acids is 1. The molecule has 0 fully saturated rings. The fraction of sp³-hybridized carbons (Fsp3) is 0.357. The van der Waals surface area contributed by atoms with Crippen molar-refractivity contribution >= 4 is 22.1 Å². The molecule has 0 bridgehead atoms. The molecule has 3 N–H and O–H groups in total. The number of carboxylic acid groups (broad SMARTS) is 1. The smallest absolute Gasteiger partial charge is 0.328 e. The van der Waals surface area contributed by atoms with Gasteiger partial charge in [-0.05, 0) is 44.0 Å². The van der Waals surface area contributed by atoms with E-state index in [1.54, 1.807) is 13.8 Å². The molecule has 2 unspecified atom stereocenters. The van der Waals surface area contributed by atoms with E-state index in [1.807, 2.05) is 0 Å². The second-order valence-corrected chi connectivity index (χ2v) is 6.56. The van der Waals surface area contributed by atoms with Crippen molar-refractivity contribution in [2.75, 3.05) is 0 Å². The second kappa shape index (κ2) is 7.35. The predicted octanol–water partition coefficient (Wildman–Crippen LogP) is 1.22. The summed E-state index contributed by atoms with van der Waals surface area (Å²) in [4.78, 5) is 10.5. The molecule has 116 valence electrons. The first-order valence-electron chi connectivity index (χ1n) is 6.42. The minimum absolute atomic E-state index is 0.0902. The average Bonchev–Trinajstić information content (AvgIpc) is 2.35. The zero-order chi connectivity index (χ0) is 16.0. The fourth-order valence-corrected chi connectivity index (χ4v) is 3.07. The van der Waals surface area contributed by atoms with Gasteiger partial charge in [-0.3, -0.25) is 0 Å². The van der Waals surface area contributed by atoms with Crippen molar-refractivity contribution in [3.8, 4) is 0 Å². The summed E-state index contributed by atoms with van der Waals surface area (Å²) in [6.07, 6.45) is 2.08. The Kier molecular flexibility index (Phi) is 6.07. The van der Waals surface area contributed by atoms with Crippen LogP contribution in [0.5, 0.6) is 0 Å². The van der Waals surface area contributed by atoms with E-state index in [1.165, 1.54) is 30.3 Å². The van der Waals surface area contributed by atoms with E-state index in [4.69, 9.17) is 5.11 Å². The maximum absolute atomic E-state index is 12.1. The van der Waals surface area contributed by atoms with E-state index in [9.17, 15) is 18.3 Å². The molecule has 2 atom stereocenters. The van der Waals surface area contributed by atoms with E-state index in [0.717, 1.165) is 6.08 Å². The van der Waals surface area contributed by atoms with Gasteiger partial charge in [0.1, 0.15) is 0 Å². The fourth-order valence-electron chi connectivity index (χ4n) is 1.82. The highest BCUT2D eigenvalue weighted by Crippen LogP contribution is 2.13. The Morgan fingerprint density at radius 2 is 1.86 bits per heavy atom. The van der Waals surface area contributed by atoms with Crippen LogP contribution in [-0.4, -0.2) is 36.7 Å². The van der Waals surface area contributed by atoms with Crippen LogP contribution in [0.3, 0.4) is 0 Å². The minimum Gasteiger partial charge on any atom is -0.478 e. The van der Waals surface area contributed by atoms with Gasteiger partial charge in [-0.1, -0.05) is 12.1 Å². The summed E-state index contributed by atoms with van der Waals surface area (Å²) in [7, 11) is -3.65. The molecule has 0 aromatic heterocycles. The molecule has 1 aromatic carbocycles. The molecule has 7 heteroatoms. The van der Waals surface area contributed by atoms with Gasteiger partial charge in [-0.25, -0.2) is 17.9 Å². The molecule has 0 aliphatic heterocycles. The van der Waals surface area contributed by atoms with E-state index in [2.05, 4.69) is 4.72 Å². The Bertz CT molecular complexity index is 605. The Hall–Kier alpha value is -1.70. The zero-order valence-corrected chi connectivity index (χ0v) is 12.7. The summed E-state index contributed by atoms with van der Waals surface area (Å²) in [6.45, 7) is 3.27. The van der Waals surface area contributed by atoms with Crippen LogP contribution in [-0.2, 0) is 14.8 Å². The van der Waals surface area contributed by atoms with Crippen molar-refractivity contribution in [2.45, 2.75) is 37.3 Å². The molecular weight excluding hydrogens is 294 g/mol. The van der Waals surface area contributed by atoms with Crippen molar-refractivity contribution in [1.29, 1.82) is 0 Å². The standard InChI is InChI=1S/C14H19NO5S/c1-10(9-11(2)16)15-21(19,20)13-6-3-12(4-7-13)5-8-14(17)18/h3-8,10-11,15-16H,9H2,1-2H3,(H,17,18)/b8-5+. The molecule has 0 amide bonds. The molecule has 0 aliphatic rings. The van der Waals surface area contributed by atoms with Crippen molar-refractivity contribution in [3.63, 3.8) is 0 Å². The van der Waals surface area contributed by atoms with Crippen molar-refractivity contribution < 1.29 is 23.4 Å². The van der Waals surface area contributed by atoms with Crippen LogP contribution >= 0.6 is 0 Å². The topological polar surface area (TPSA) is 104 Å². The normalized spacial score (nSPS) is 15.0. The van der Waals surface area contributed by atoms with Crippen LogP contribution in [0, 0.1) is 0 Å². The Morgan fingerprint density at radius 3 is 2.33 bits per heavy atom. The highest BCUT2D eigenvalue weighted by molar-refractivity contribution is 7.89. The summed E-state index contributed by atoms with van der Waals surface area (Å²) in [5.41, 5.74) is 0.591. The first-order valence-corrected chi connectivity index (χ1v) is 7.90. The van der Waals surface area contributed by atoms with Gasteiger partial charge < -0.3 is 10.2 Å². The number of aliphatic hydroxyl groups excluding tert-OH is 1. The molecule has 6 nitrogen and oxygen atoms in total. The maximum atomic E-state index is 12.1. The third-order valence-electron chi connectivity index (χ3n) is 2.66. The number of benzene rings is 1. The minimum atomic E-state index is -3.65. The molecule has 0 saturated carbocycles. The summed E-state index contributed by atoms with van der Waals surface area (Å²) < 4.78 is 26.7. The van der Waals surface area contributed by atoms with Gasteiger partial charge in [0, 0.05) is 12.1 Å².